The van der Waals surface area contributed by atoms with Gasteiger partial charge in [0.15, 0.2) is 0 Å². The van der Waals surface area contributed by atoms with Crippen molar-refractivity contribution in [1.29, 1.82) is 0 Å². The van der Waals surface area contributed by atoms with Gasteiger partial charge in [0.25, 0.3) is 0 Å². The molecule has 0 radical (unpaired) electrons. The van der Waals surface area contributed by atoms with Crippen molar-refractivity contribution in [2.45, 2.75) is 31.7 Å². The fourth-order valence-electron chi connectivity index (χ4n) is 3.59. The Morgan fingerprint density at radius 3 is 2.18 bits per heavy atom. The molecule has 6 heteroatoms. The highest BCUT2D eigenvalue weighted by molar-refractivity contribution is 7.99. The Balaban J connectivity index is 1.80. The predicted molar refractivity (Wildman–Crippen MR) is 137 cm³/mol. The fourth-order valence-corrected chi connectivity index (χ4v) is 4.66. The summed E-state index contributed by atoms with van der Waals surface area (Å²) < 4.78 is 0. The Bertz CT molecular complexity index is 1030. The summed E-state index contributed by atoms with van der Waals surface area (Å²) in [5.74, 6) is 0.767. The topological polar surface area (TPSA) is 49.4 Å². The maximum atomic E-state index is 13.4. The standard InChI is InChI=1S/C27H29ClN2O2S/c1-2-29-27(32)25(17-21-10-5-3-6-11-21)30(18-22-12-7-4-8-13-22)26(31)20-33-19-23-14-9-15-24(28)16-23/h3-16,25H,2,17-20H2,1H3,(H,29,32). The third-order valence-electron chi connectivity index (χ3n) is 5.20. The van der Waals surface area contributed by atoms with Crippen LogP contribution in [0.4, 0.5) is 0 Å². The molecule has 1 unspecified atom stereocenters. The Hall–Kier alpha value is -2.76. The molecule has 4 nitrogen and oxygen atoms in total. The molecule has 0 aliphatic heterocycles. The molecule has 33 heavy (non-hydrogen) atoms. The molecule has 0 aliphatic rings. The van der Waals surface area contributed by atoms with E-state index in [0.717, 1.165) is 16.7 Å². The molecule has 0 bridgehead atoms. The summed E-state index contributed by atoms with van der Waals surface area (Å²) in [7, 11) is 0. The third-order valence-corrected chi connectivity index (χ3v) is 6.42. The number of carbonyl (C=O) groups is 2. The molecule has 1 N–H and O–H groups in total. The number of nitrogens with one attached hydrogen (secondary N) is 1. The second-order valence-corrected chi connectivity index (χ2v) is 9.15. The van der Waals surface area contributed by atoms with E-state index in [2.05, 4.69) is 5.32 Å². The van der Waals surface area contributed by atoms with Crippen LogP contribution in [0, 0.1) is 0 Å². The number of carbonyl (C=O) groups excluding carboxylic acids is 2. The van der Waals surface area contributed by atoms with Gasteiger partial charge in [-0.2, -0.15) is 0 Å². The Morgan fingerprint density at radius 2 is 1.55 bits per heavy atom. The smallest absolute Gasteiger partial charge is 0.243 e. The molecule has 3 aromatic carbocycles. The Kier molecular flexibility index (Phi) is 9.85. The van der Waals surface area contributed by atoms with Crippen molar-refractivity contribution in [1.82, 2.24) is 10.2 Å². The number of halogens is 1. The van der Waals surface area contributed by atoms with E-state index in [1.165, 1.54) is 11.8 Å². The van der Waals surface area contributed by atoms with E-state index < -0.39 is 6.04 Å². The largest absolute Gasteiger partial charge is 0.355 e. The van der Waals surface area contributed by atoms with Crippen molar-refractivity contribution < 1.29 is 9.59 Å². The summed E-state index contributed by atoms with van der Waals surface area (Å²) in [5, 5.41) is 3.61. The van der Waals surface area contributed by atoms with Gasteiger partial charge in [0, 0.05) is 30.3 Å². The highest BCUT2D eigenvalue weighted by Crippen LogP contribution is 2.20. The van der Waals surface area contributed by atoms with Crippen molar-refractivity contribution in [3.8, 4) is 0 Å². The molecule has 0 fully saturated rings. The van der Waals surface area contributed by atoms with Crippen LogP contribution in [0.15, 0.2) is 84.9 Å². The van der Waals surface area contributed by atoms with Gasteiger partial charge in [0.1, 0.15) is 6.04 Å². The van der Waals surface area contributed by atoms with Crippen molar-refractivity contribution in [3.63, 3.8) is 0 Å². The molecule has 3 aromatic rings. The number of nitrogens with zero attached hydrogens (tertiary/aromatic N) is 1. The SMILES string of the molecule is CCNC(=O)C(Cc1ccccc1)N(Cc1ccccc1)C(=O)CSCc1cccc(Cl)c1. The van der Waals surface area contributed by atoms with E-state index in [-0.39, 0.29) is 17.6 Å². The highest BCUT2D eigenvalue weighted by atomic mass is 35.5. The van der Waals surface area contributed by atoms with Gasteiger partial charge >= 0.3 is 0 Å². The minimum absolute atomic E-state index is 0.0573. The van der Waals surface area contributed by atoms with Gasteiger partial charge in [0.05, 0.1) is 5.75 Å². The number of likely N-dealkylation sites (N-methyl/N-ethyl adjacent to an activating group) is 1. The third kappa shape index (κ3) is 7.95. The van der Waals surface area contributed by atoms with Crippen LogP contribution in [0.3, 0.4) is 0 Å². The van der Waals surface area contributed by atoms with Crippen LogP contribution in [-0.2, 0) is 28.3 Å². The molecule has 0 aliphatic carbocycles. The van der Waals surface area contributed by atoms with Crippen LogP contribution >= 0.6 is 23.4 Å². The molecule has 0 aromatic heterocycles. The van der Waals surface area contributed by atoms with Crippen molar-refractivity contribution in [2.24, 2.45) is 0 Å². The number of benzene rings is 3. The molecule has 0 spiro atoms. The van der Waals surface area contributed by atoms with Gasteiger partial charge in [-0.25, -0.2) is 0 Å². The van der Waals surface area contributed by atoms with Crippen molar-refractivity contribution in [3.05, 3.63) is 107 Å². The van der Waals surface area contributed by atoms with E-state index >= 15 is 0 Å². The highest BCUT2D eigenvalue weighted by Gasteiger charge is 2.29. The first-order valence-corrected chi connectivity index (χ1v) is 12.6. The number of amides is 2. The summed E-state index contributed by atoms with van der Waals surface area (Å²) in [6.07, 6.45) is 0.463. The first-order chi connectivity index (χ1) is 16.1. The van der Waals surface area contributed by atoms with Gasteiger partial charge in [-0.05, 0) is 35.7 Å². The first kappa shape index (κ1) is 24.9. The van der Waals surface area contributed by atoms with Gasteiger partial charge in [-0.15, -0.1) is 11.8 Å². The normalized spacial score (nSPS) is 11.6. The zero-order valence-electron chi connectivity index (χ0n) is 18.7. The van der Waals surface area contributed by atoms with E-state index in [0.29, 0.717) is 30.3 Å². The lowest BCUT2D eigenvalue weighted by Gasteiger charge is -2.31. The monoisotopic (exact) mass is 480 g/mol. The molecule has 0 saturated carbocycles. The molecule has 3 rings (SSSR count). The number of rotatable bonds is 11. The Labute approximate surface area is 205 Å². The molecule has 2 amide bonds. The lowest BCUT2D eigenvalue weighted by atomic mass is 10.0. The Morgan fingerprint density at radius 1 is 0.909 bits per heavy atom. The lowest BCUT2D eigenvalue weighted by molar-refractivity contribution is -0.139. The van der Waals surface area contributed by atoms with Gasteiger partial charge in [-0.1, -0.05) is 84.4 Å². The molecular weight excluding hydrogens is 452 g/mol. The van der Waals surface area contributed by atoms with Crippen LogP contribution in [0.25, 0.3) is 0 Å². The average Bonchev–Trinajstić information content (AvgIpc) is 2.83. The van der Waals surface area contributed by atoms with Crippen molar-refractivity contribution in [2.75, 3.05) is 12.3 Å². The van der Waals surface area contributed by atoms with E-state index in [1.54, 1.807) is 4.90 Å². The first-order valence-electron chi connectivity index (χ1n) is 11.0. The quantitative estimate of drug-likeness (QED) is 0.402. The van der Waals surface area contributed by atoms with Gasteiger partial charge in [0.2, 0.25) is 11.8 Å². The second kappa shape index (κ2) is 13.1. The van der Waals surface area contributed by atoms with E-state index in [1.807, 2.05) is 91.9 Å². The van der Waals surface area contributed by atoms with Crippen molar-refractivity contribution >= 4 is 35.2 Å². The zero-order valence-corrected chi connectivity index (χ0v) is 20.3. The summed E-state index contributed by atoms with van der Waals surface area (Å²) in [5.41, 5.74) is 3.08. The molecule has 0 saturated heterocycles. The summed E-state index contributed by atoms with van der Waals surface area (Å²) in [4.78, 5) is 28.3. The fraction of sp³-hybridized carbons (Fsp3) is 0.259. The lowest BCUT2D eigenvalue weighted by Crippen LogP contribution is -2.51. The number of hydrogen-bond donors (Lipinski definition) is 1. The minimum Gasteiger partial charge on any atom is -0.355 e. The molecule has 172 valence electrons. The maximum Gasteiger partial charge on any atom is 0.243 e. The zero-order chi connectivity index (χ0) is 23.5. The average molecular weight is 481 g/mol. The molecule has 0 heterocycles. The second-order valence-electron chi connectivity index (χ2n) is 7.73. The number of thioether (sulfide) groups is 1. The van der Waals surface area contributed by atoms with Crippen LogP contribution in [0.1, 0.15) is 23.6 Å². The minimum atomic E-state index is -0.591. The van der Waals surface area contributed by atoms with E-state index in [9.17, 15) is 9.59 Å². The van der Waals surface area contributed by atoms with Crippen LogP contribution in [0.5, 0.6) is 0 Å². The number of hydrogen-bond acceptors (Lipinski definition) is 3. The summed E-state index contributed by atoms with van der Waals surface area (Å²) >= 11 is 7.61. The van der Waals surface area contributed by atoms with Crippen LogP contribution < -0.4 is 5.32 Å². The molecular formula is C27H29ClN2O2S. The molecule has 1 atom stereocenters. The van der Waals surface area contributed by atoms with Gasteiger partial charge in [-0.3, -0.25) is 9.59 Å². The summed E-state index contributed by atoms with van der Waals surface area (Å²) in [6, 6.07) is 26.7. The maximum absolute atomic E-state index is 13.4. The predicted octanol–water partition coefficient (Wildman–Crippen LogP) is 5.35. The summed E-state index contributed by atoms with van der Waals surface area (Å²) in [6.45, 7) is 2.79. The van der Waals surface area contributed by atoms with Gasteiger partial charge < -0.3 is 10.2 Å². The van der Waals surface area contributed by atoms with Crippen LogP contribution in [0.2, 0.25) is 5.02 Å². The van der Waals surface area contributed by atoms with Crippen LogP contribution in [-0.4, -0.2) is 35.1 Å². The van der Waals surface area contributed by atoms with E-state index in [4.69, 9.17) is 11.6 Å².